The van der Waals surface area contributed by atoms with Gasteiger partial charge in [-0.25, -0.2) is 4.39 Å². The Morgan fingerprint density at radius 3 is 2.04 bits per heavy atom. The van der Waals surface area contributed by atoms with Crippen molar-refractivity contribution in [1.29, 1.82) is 0 Å². The fourth-order valence-electron chi connectivity index (χ4n) is 2.48. The molecule has 0 saturated carbocycles. The Balaban J connectivity index is 1.91. The van der Waals surface area contributed by atoms with E-state index in [9.17, 15) is 9.50 Å². The number of phenolic OH excluding ortho intramolecular Hbond substituents is 1. The van der Waals surface area contributed by atoms with E-state index < -0.39 is 0 Å². The molecular formula is C20H17FO2. The van der Waals surface area contributed by atoms with E-state index in [2.05, 4.69) is 0 Å². The minimum Gasteiger partial charge on any atom is -0.508 e. The molecular weight excluding hydrogens is 291 g/mol. The van der Waals surface area contributed by atoms with Crippen LogP contribution >= 0.6 is 0 Å². The molecule has 3 aromatic rings. The summed E-state index contributed by atoms with van der Waals surface area (Å²) in [5, 5.41) is 9.32. The number of hydrogen-bond donors (Lipinski definition) is 1. The Kier molecular flexibility index (Phi) is 4.29. The number of benzene rings is 3. The van der Waals surface area contributed by atoms with Crippen molar-refractivity contribution < 1.29 is 14.2 Å². The van der Waals surface area contributed by atoms with E-state index in [4.69, 9.17) is 4.74 Å². The first-order valence-corrected chi connectivity index (χ1v) is 7.49. The van der Waals surface area contributed by atoms with E-state index in [1.165, 1.54) is 6.07 Å². The van der Waals surface area contributed by atoms with Gasteiger partial charge < -0.3 is 9.84 Å². The summed E-state index contributed by atoms with van der Waals surface area (Å²) in [5.74, 6) is 0.680. The molecule has 116 valence electrons. The summed E-state index contributed by atoms with van der Waals surface area (Å²) in [6.07, 6.45) is 0. The van der Waals surface area contributed by atoms with Crippen molar-refractivity contribution in [3.05, 3.63) is 72.5 Å². The van der Waals surface area contributed by atoms with Crippen LogP contribution in [0, 0.1) is 5.82 Å². The topological polar surface area (TPSA) is 29.5 Å². The number of rotatable bonds is 4. The zero-order chi connectivity index (χ0) is 16.2. The molecule has 0 radical (unpaired) electrons. The van der Waals surface area contributed by atoms with Crippen molar-refractivity contribution >= 4 is 0 Å². The maximum absolute atomic E-state index is 14.4. The van der Waals surface area contributed by atoms with Crippen LogP contribution in [0.2, 0.25) is 0 Å². The van der Waals surface area contributed by atoms with Crippen LogP contribution in [-0.2, 0) is 0 Å². The van der Waals surface area contributed by atoms with Crippen LogP contribution < -0.4 is 4.74 Å². The van der Waals surface area contributed by atoms with Crippen LogP contribution in [0.15, 0.2) is 66.7 Å². The second kappa shape index (κ2) is 6.53. The van der Waals surface area contributed by atoms with Crippen LogP contribution in [-0.4, -0.2) is 11.7 Å². The summed E-state index contributed by atoms with van der Waals surface area (Å²) in [4.78, 5) is 0. The second-order valence-corrected chi connectivity index (χ2v) is 5.20. The molecule has 0 bridgehead atoms. The molecule has 0 aromatic heterocycles. The molecule has 0 aliphatic carbocycles. The fraction of sp³-hybridized carbons (Fsp3) is 0.100. The SMILES string of the molecule is CCOc1ccc(-c2ccc(-c3ccc(O)cc3)c(F)c2)cc1. The maximum atomic E-state index is 14.4. The lowest BCUT2D eigenvalue weighted by molar-refractivity contribution is 0.340. The zero-order valence-corrected chi connectivity index (χ0v) is 12.8. The third-order valence-electron chi connectivity index (χ3n) is 3.65. The molecule has 3 heteroatoms. The zero-order valence-electron chi connectivity index (χ0n) is 12.8. The summed E-state index contributed by atoms with van der Waals surface area (Å²) in [6.45, 7) is 2.56. The Labute approximate surface area is 134 Å². The number of halogens is 1. The lowest BCUT2D eigenvalue weighted by atomic mass is 9.99. The van der Waals surface area contributed by atoms with Gasteiger partial charge in [0.25, 0.3) is 0 Å². The molecule has 1 N–H and O–H groups in total. The number of hydrogen-bond acceptors (Lipinski definition) is 2. The third kappa shape index (κ3) is 3.34. The molecule has 3 aromatic carbocycles. The van der Waals surface area contributed by atoms with Crippen molar-refractivity contribution in [2.24, 2.45) is 0 Å². The normalized spacial score (nSPS) is 10.5. The van der Waals surface area contributed by atoms with Crippen molar-refractivity contribution in [2.45, 2.75) is 6.92 Å². The molecule has 23 heavy (non-hydrogen) atoms. The minimum atomic E-state index is -0.290. The predicted molar refractivity (Wildman–Crippen MR) is 90.1 cm³/mol. The van der Waals surface area contributed by atoms with E-state index in [0.717, 1.165) is 22.4 Å². The Hall–Kier alpha value is -2.81. The molecule has 0 saturated heterocycles. The van der Waals surface area contributed by atoms with Crippen molar-refractivity contribution in [3.8, 4) is 33.8 Å². The summed E-state index contributed by atoms with van der Waals surface area (Å²) >= 11 is 0. The van der Waals surface area contributed by atoms with Crippen LogP contribution in [0.25, 0.3) is 22.3 Å². The highest BCUT2D eigenvalue weighted by atomic mass is 19.1. The fourth-order valence-corrected chi connectivity index (χ4v) is 2.48. The first kappa shape index (κ1) is 15.1. The van der Waals surface area contributed by atoms with Crippen LogP contribution in [0.4, 0.5) is 4.39 Å². The van der Waals surface area contributed by atoms with E-state index in [1.54, 1.807) is 30.3 Å². The molecule has 0 aliphatic heterocycles. The highest BCUT2D eigenvalue weighted by molar-refractivity contribution is 5.71. The molecule has 0 spiro atoms. The van der Waals surface area contributed by atoms with Gasteiger partial charge in [0.2, 0.25) is 0 Å². The van der Waals surface area contributed by atoms with E-state index in [0.29, 0.717) is 12.2 Å². The van der Waals surface area contributed by atoms with Crippen molar-refractivity contribution in [3.63, 3.8) is 0 Å². The Morgan fingerprint density at radius 2 is 1.43 bits per heavy atom. The molecule has 0 aliphatic rings. The summed E-state index contributed by atoms with van der Waals surface area (Å²) in [6, 6.07) is 19.3. The molecule has 2 nitrogen and oxygen atoms in total. The molecule has 0 atom stereocenters. The minimum absolute atomic E-state index is 0.167. The van der Waals surface area contributed by atoms with Crippen molar-refractivity contribution in [2.75, 3.05) is 6.61 Å². The Morgan fingerprint density at radius 1 is 0.826 bits per heavy atom. The monoisotopic (exact) mass is 308 g/mol. The smallest absolute Gasteiger partial charge is 0.131 e. The molecule has 0 amide bonds. The summed E-state index contributed by atoms with van der Waals surface area (Å²) in [5.41, 5.74) is 3.00. The number of ether oxygens (including phenoxy) is 1. The molecule has 0 fully saturated rings. The van der Waals surface area contributed by atoms with E-state index in [1.807, 2.05) is 37.3 Å². The van der Waals surface area contributed by atoms with Gasteiger partial charge in [-0.15, -0.1) is 0 Å². The largest absolute Gasteiger partial charge is 0.508 e. The standard InChI is InChI=1S/C20H17FO2/c1-2-23-18-10-5-14(6-11-18)16-7-12-19(20(21)13-16)15-3-8-17(22)9-4-15/h3-13,22H,2H2,1H3. The van der Waals surface area contributed by atoms with Crippen LogP contribution in [0.3, 0.4) is 0 Å². The highest BCUT2D eigenvalue weighted by Crippen LogP contribution is 2.29. The first-order valence-electron chi connectivity index (χ1n) is 7.49. The van der Waals surface area contributed by atoms with Gasteiger partial charge in [0.05, 0.1) is 6.61 Å². The quantitative estimate of drug-likeness (QED) is 0.712. The first-order chi connectivity index (χ1) is 11.2. The highest BCUT2D eigenvalue weighted by Gasteiger charge is 2.08. The van der Waals surface area contributed by atoms with E-state index in [-0.39, 0.29) is 11.6 Å². The lowest BCUT2D eigenvalue weighted by Gasteiger charge is -2.08. The van der Waals surface area contributed by atoms with Gasteiger partial charge in [0.15, 0.2) is 0 Å². The van der Waals surface area contributed by atoms with Gasteiger partial charge in [0, 0.05) is 5.56 Å². The second-order valence-electron chi connectivity index (χ2n) is 5.20. The number of aromatic hydroxyl groups is 1. The molecule has 3 rings (SSSR count). The van der Waals surface area contributed by atoms with Gasteiger partial charge in [0.1, 0.15) is 17.3 Å². The average molecular weight is 308 g/mol. The third-order valence-corrected chi connectivity index (χ3v) is 3.65. The Bertz CT molecular complexity index is 793. The van der Waals surface area contributed by atoms with Gasteiger partial charge in [-0.3, -0.25) is 0 Å². The van der Waals surface area contributed by atoms with E-state index >= 15 is 0 Å². The van der Waals surface area contributed by atoms with Crippen molar-refractivity contribution in [1.82, 2.24) is 0 Å². The van der Waals surface area contributed by atoms with Gasteiger partial charge in [-0.1, -0.05) is 36.4 Å². The lowest BCUT2D eigenvalue weighted by Crippen LogP contribution is -1.91. The molecule has 0 unspecified atom stereocenters. The van der Waals surface area contributed by atoms with Crippen LogP contribution in [0.5, 0.6) is 11.5 Å². The van der Waals surface area contributed by atoms with Crippen LogP contribution in [0.1, 0.15) is 6.92 Å². The summed E-state index contributed by atoms with van der Waals surface area (Å²) in [7, 11) is 0. The van der Waals surface area contributed by atoms with Gasteiger partial charge in [-0.05, 0) is 53.9 Å². The van der Waals surface area contributed by atoms with Gasteiger partial charge in [-0.2, -0.15) is 0 Å². The number of phenols is 1. The van der Waals surface area contributed by atoms with Gasteiger partial charge >= 0.3 is 0 Å². The predicted octanol–water partition coefficient (Wildman–Crippen LogP) is 5.26. The summed E-state index contributed by atoms with van der Waals surface area (Å²) < 4.78 is 19.8. The molecule has 0 heterocycles. The maximum Gasteiger partial charge on any atom is 0.131 e. The average Bonchev–Trinajstić information content (AvgIpc) is 2.57.